The summed E-state index contributed by atoms with van der Waals surface area (Å²) in [6, 6.07) is 0.544. The average Bonchev–Trinajstić information content (AvgIpc) is 3.03. The molecule has 2 rings (SSSR count). The van der Waals surface area contributed by atoms with Crippen LogP contribution in [0.3, 0.4) is 0 Å². The summed E-state index contributed by atoms with van der Waals surface area (Å²) in [7, 11) is 3.64. The molecule has 3 atom stereocenters. The molecule has 2 fully saturated rings. The van der Waals surface area contributed by atoms with E-state index in [0.717, 1.165) is 43.1 Å². The fraction of sp³-hybridized carbons (Fsp3) is 0.857. The van der Waals surface area contributed by atoms with Crippen molar-refractivity contribution in [2.75, 3.05) is 23.8 Å². The lowest BCUT2D eigenvalue weighted by molar-refractivity contribution is -0.121. The molecule has 0 aromatic rings. The van der Waals surface area contributed by atoms with Crippen LogP contribution in [0.5, 0.6) is 0 Å². The number of unbranched alkanes of at least 4 members (excludes halogenated alkanes) is 1. The standard InChI is InChI=1S/C14H25N3O2S3/c1-2-21-22-8-7-15-12(18)6-4-3-5-11-13-10(9-20-11)16-14(19)17-13/h10-11,13H,2-9H2,1H3,(H,15,18)(H2,16,17,19)/t10-,11-,13-/m0/s1. The molecule has 3 N–H and O–H groups in total. The Morgan fingerprint density at radius 2 is 2.23 bits per heavy atom. The van der Waals surface area contributed by atoms with Gasteiger partial charge >= 0.3 is 6.03 Å². The Labute approximate surface area is 144 Å². The number of urea groups is 1. The van der Waals surface area contributed by atoms with Crippen molar-refractivity contribution < 1.29 is 9.59 Å². The number of carbonyl (C=O) groups excluding carboxylic acids is 2. The summed E-state index contributed by atoms with van der Waals surface area (Å²) in [4.78, 5) is 23.0. The number of amides is 3. The largest absolute Gasteiger partial charge is 0.355 e. The Morgan fingerprint density at radius 1 is 1.36 bits per heavy atom. The summed E-state index contributed by atoms with van der Waals surface area (Å²) in [6.07, 6.45) is 3.66. The van der Waals surface area contributed by atoms with Crippen LogP contribution in [0.15, 0.2) is 0 Å². The van der Waals surface area contributed by atoms with Gasteiger partial charge in [-0.15, -0.1) is 0 Å². The summed E-state index contributed by atoms with van der Waals surface area (Å²) >= 11 is 1.93. The lowest BCUT2D eigenvalue weighted by atomic mass is 10.0. The molecule has 2 heterocycles. The summed E-state index contributed by atoms with van der Waals surface area (Å²) in [5, 5.41) is 9.42. The smallest absolute Gasteiger partial charge is 0.315 e. The Kier molecular flexibility index (Phi) is 8.10. The van der Waals surface area contributed by atoms with Crippen molar-refractivity contribution in [2.45, 2.75) is 49.9 Å². The van der Waals surface area contributed by atoms with E-state index in [-0.39, 0.29) is 18.0 Å². The van der Waals surface area contributed by atoms with E-state index in [2.05, 4.69) is 22.9 Å². The third kappa shape index (κ3) is 5.77. The number of fused-ring (bicyclic) bond motifs is 1. The molecule has 0 aromatic heterocycles. The van der Waals surface area contributed by atoms with Crippen molar-refractivity contribution in [2.24, 2.45) is 0 Å². The van der Waals surface area contributed by atoms with Crippen LogP contribution >= 0.6 is 33.3 Å². The highest BCUT2D eigenvalue weighted by molar-refractivity contribution is 8.76. The van der Waals surface area contributed by atoms with Gasteiger partial charge in [-0.05, 0) is 12.8 Å². The van der Waals surface area contributed by atoms with Gasteiger partial charge in [0.15, 0.2) is 0 Å². The summed E-state index contributed by atoms with van der Waals surface area (Å²) < 4.78 is 0. The van der Waals surface area contributed by atoms with Crippen molar-refractivity contribution >= 4 is 45.3 Å². The van der Waals surface area contributed by atoms with Gasteiger partial charge in [-0.25, -0.2) is 4.79 Å². The van der Waals surface area contributed by atoms with Gasteiger partial charge in [0, 0.05) is 35.5 Å². The average molecular weight is 364 g/mol. The molecule has 0 saturated carbocycles. The van der Waals surface area contributed by atoms with Gasteiger partial charge in [0.1, 0.15) is 0 Å². The second-order valence-electron chi connectivity index (χ2n) is 5.45. The van der Waals surface area contributed by atoms with Gasteiger partial charge < -0.3 is 16.0 Å². The van der Waals surface area contributed by atoms with E-state index in [1.165, 1.54) is 0 Å². The van der Waals surface area contributed by atoms with Gasteiger partial charge in [-0.1, -0.05) is 34.9 Å². The molecule has 0 spiro atoms. The van der Waals surface area contributed by atoms with Crippen LogP contribution < -0.4 is 16.0 Å². The highest BCUT2D eigenvalue weighted by Gasteiger charge is 2.42. The van der Waals surface area contributed by atoms with Crippen LogP contribution in [-0.4, -0.2) is 53.1 Å². The first kappa shape index (κ1) is 18.1. The van der Waals surface area contributed by atoms with Gasteiger partial charge in [-0.2, -0.15) is 11.8 Å². The minimum atomic E-state index is -0.0289. The maximum absolute atomic E-state index is 11.7. The first-order valence-corrected chi connectivity index (χ1v) is 11.4. The molecule has 2 saturated heterocycles. The lowest BCUT2D eigenvalue weighted by Crippen LogP contribution is -2.36. The molecule has 0 aliphatic carbocycles. The third-order valence-electron chi connectivity index (χ3n) is 3.79. The molecule has 0 aromatic carbocycles. The van der Waals surface area contributed by atoms with Gasteiger partial charge in [-0.3, -0.25) is 4.79 Å². The highest BCUT2D eigenvalue weighted by Crippen LogP contribution is 2.33. The zero-order valence-corrected chi connectivity index (χ0v) is 15.4. The normalized spacial score (nSPS) is 26.4. The SMILES string of the molecule is CCSSCCNC(=O)CCCC[C@@H]1SC[C@@H]2NC(=O)N[C@@H]21. The first-order valence-electron chi connectivity index (χ1n) is 7.90. The quantitative estimate of drug-likeness (QED) is 0.315. The molecule has 3 amide bonds. The Hall–Kier alpha value is -0.210. The summed E-state index contributed by atoms with van der Waals surface area (Å²) in [5.74, 6) is 3.24. The lowest BCUT2D eigenvalue weighted by Gasteiger charge is -2.16. The Morgan fingerprint density at radius 3 is 3.05 bits per heavy atom. The number of nitrogens with one attached hydrogen (secondary N) is 3. The number of hydrogen-bond acceptors (Lipinski definition) is 5. The Bertz CT molecular complexity index is 384. The molecule has 2 aliphatic rings. The molecule has 0 radical (unpaired) electrons. The zero-order valence-electron chi connectivity index (χ0n) is 12.9. The van der Waals surface area contributed by atoms with Crippen LogP contribution in [0.2, 0.25) is 0 Å². The van der Waals surface area contributed by atoms with Crippen LogP contribution in [0.25, 0.3) is 0 Å². The maximum Gasteiger partial charge on any atom is 0.315 e. The highest BCUT2D eigenvalue weighted by atomic mass is 33.1. The number of hydrogen-bond donors (Lipinski definition) is 3. The number of rotatable bonds is 10. The molecule has 126 valence electrons. The fourth-order valence-electron chi connectivity index (χ4n) is 2.74. The molecule has 0 unspecified atom stereocenters. The van der Waals surface area contributed by atoms with Gasteiger partial charge in [0.05, 0.1) is 12.1 Å². The van der Waals surface area contributed by atoms with Crippen LogP contribution in [0.4, 0.5) is 4.79 Å². The van der Waals surface area contributed by atoms with Crippen molar-refractivity contribution in [3.63, 3.8) is 0 Å². The topological polar surface area (TPSA) is 70.2 Å². The molecule has 8 heteroatoms. The van der Waals surface area contributed by atoms with Crippen molar-refractivity contribution in [1.29, 1.82) is 0 Å². The molecule has 0 bridgehead atoms. The van der Waals surface area contributed by atoms with Crippen LogP contribution in [0, 0.1) is 0 Å². The van der Waals surface area contributed by atoms with Gasteiger partial charge in [0.25, 0.3) is 0 Å². The minimum Gasteiger partial charge on any atom is -0.355 e. The fourth-order valence-corrected chi connectivity index (χ4v) is 5.85. The number of carbonyl (C=O) groups is 2. The molecule has 5 nitrogen and oxygen atoms in total. The van der Waals surface area contributed by atoms with E-state index in [1.54, 1.807) is 0 Å². The zero-order chi connectivity index (χ0) is 15.8. The van der Waals surface area contributed by atoms with E-state index in [0.29, 0.717) is 17.7 Å². The van der Waals surface area contributed by atoms with Crippen molar-refractivity contribution in [3.05, 3.63) is 0 Å². The monoisotopic (exact) mass is 363 g/mol. The maximum atomic E-state index is 11.7. The second kappa shape index (κ2) is 9.82. The predicted molar refractivity (Wildman–Crippen MR) is 97.6 cm³/mol. The molecular formula is C14H25N3O2S3. The van der Waals surface area contributed by atoms with Crippen molar-refractivity contribution in [3.8, 4) is 0 Å². The molecule has 2 aliphatic heterocycles. The Balaban J connectivity index is 1.49. The third-order valence-corrected chi connectivity index (χ3v) is 7.78. The van der Waals surface area contributed by atoms with Crippen LogP contribution in [0.1, 0.15) is 32.6 Å². The van der Waals surface area contributed by atoms with Crippen LogP contribution in [-0.2, 0) is 4.79 Å². The summed E-state index contributed by atoms with van der Waals surface area (Å²) in [5.41, 5.74) is 0. The molecular weight excluding hydrogens is 338 g/mol. The minimum absolute atomic E-state index is 0.0289. The summed E-state index contributed by atoms with van der Waals surface area (Å²) in [6.45, 7) is 2.89. The van der Waals surface area contributed by atoms with Crippen molar-refractivity contribution in [1.82, 2.24) is 16.0 Å². The van der Waals surface area contributed by atoms with E-state index < -0.39 is 0 Å². The first-order chi connectivity index (χ1) is 10.7. The number of thioether (sulfide) groups is 1. The second-order valence-corrected chi connectivity index (χ2v) is 9.59. The molecule has 22 heavy (non-hydrogen) atoms. The van der Waals surface area contributed by atoms with E-state index in [9.17, 15) is 9.59 Å². The predicted octanol–water partition coefficient (Wildman–Crippen LogP) is 2.23. The van der Waals surface area contributed by atoms with Gasteiger partial charge in [0.2, 0.25) is 5.91 Å². The van der Waals surface area contributed by atoms with E-state index in [4.69, 9.17) is 0 Å². The van der Waals surface area contributed by atoms with E-state index in [1.807, 2.05) is 33.3 Å². The van der Waals surface area contributed by atoms with E-state index >= 15 is 0 Å².